The van der Waals surface area contributed by atoms with Gasteiger partial charge < -0.3 is 9.64 Å². The van der Waals surface area contributed by atoms with E-state index in [1.807, 2.05) is 24.3 Å². The van der Waals surface area contributed by atoms with Gasteiger partial charge in [0, 0.05) is 11.8 Å². The summed E-state index contributed by atoms with van der Waals surface area (Å²) in [6, 6.07) is 11.3. The van der Waals surface area contributed by atoms with Gasteiger partial charge in [-0.25, -0.2) is 8.78 Å². The highest BCUT2D eigenvalue weighted by Crippen LogP contribution is 2.38. The molecule has 17 heavy (non-hydrogen) atoms. The van der Waals surface area contributed by atoms with E-state index in [1.165, 1.54) is 12.1 Å². The largest absolute Gasteiger partial charge is 0.471 e. The van der Waals surface area contributed by atoms with Crippen LogP contribution in [0.15, 0.2) is 42.5 Å². The van der Waals surface area contributed by atoms with Gasteiger partial charge in [0.15, 0.2) is 18.4 Å². The number of para-hydroxylation sites is 2. The van der Waals surface area contributed by atoms with Gasteiger partial charge in [-0.2, -0.15) is 0 Å². The summed E-state index contributed by atoms with van der Waals surface area (Å²) in [5, 5.41) is 0. The molecule has 0 amide bonds. The summed E-state index contributed by atoms with van der Waals surface area (Å²) in [6.45, 7) is 0.310. The van der Waals surface area contributed by atoms with Crippen molar-refractivity contribution >= 4 is 11.4 Å². The van der Waals surface area contributed by atoms with Gasteiger partial charge in [-0.3, -0.25) is 0 Å². The average Bonchev–Trinajstić information content (AvgIpc) is 2.76. The van der Waals surface area contributed by atoms with E-state index in [-0.39, 0.29) is 0 Å². The highest BCUT2D eigenvalue weighted by Gasteiger charge is 2.21. The second kappa shape index (κ2) is 3.73. The fourth-order valence-electron chi connectivity index (χ4n) is 1.87. The molecule has 0 spiro atoms. The normalized spacial score (nSPS) is 13.4. The third-order valence-corrected chi connectivity index (χ3v) is 2.72. The molecule has 0 fully saturated rings. The van der Waals surface area contributed by atoms with Gasteiger partial charge in [0.25, 0.3) is 0 Å². The first-order valence-electron chi connectivity index (χ1n) is 5.20. The highest BCUT2D eigenvalue weighted by molar-refractivity contribution is 5.71. The van der Waals surface area contributed by atoms with Crippen molar-refractivity contribution in [1.82, 2.24) is 0 Å². The van der Waals surface area contributed by atoms with E-state index < -0.39 is 11.6 Å². The van der Waals surface area contributed by atoms with E-state index in [0.29, 0.717) is 12.4 Å². The summed E-state index contributed by atoms with van der Waals surface area (Å²) >= 11 is 0. The van der Waals surface area contributed by atoms with Crippen molar-refractivity contribution in [1.29, 1.82) is 0 Å². The first kappa shape index (κ1) is 10.1. The van der Waals surface area contributed by atoms with Gasteiger partial charge in [0.2, 0.25) is 0 Å². The Kier molecular flexibility index (Phi) is 2.21. The number of halogens is 2. The quantitative estimate of drug-likeness (QED) is 0.748. The average molecular weight is 233 g/mol. The van der Waals surface area contributed by atoms with Gasteiger partial charge >= 0.3 is 0 Å². The molecule has 0 N–H and O–H groups in total. The maximum Gasteiger partial charge on any atom is 0.165 e. The first-order chi connectivity index (χ1) is 8.25. The Hall–Kier alpha value is -2.10. The molecule has 3 rings (SSSR count). The first-order valence-corrected chi connectivity index (χ1v) is 5.20. The van der Waals surface area contributed by atoms with Crippen LogP contribution in [0.2, 0.25) is 0 Å². The molecule has 0 saturated heterocycles. The van der Waals surface area contributed by atoms with Crippen molar-refractivity contribution < 1.29 is 13.5 Å². The molecule has 0 aliphatic carbocycles. The van der Waals surface area contributed by atoms with Crippen molar-refractivity contribution in [3.8, 4) is 5.75 Å². The van der Waals surface area contributed by atoms with Gasteiger partial charge in [-0.15, -0.1) is 0 Å². The standard InChI is InChI=1S/C13H9F2NO/c14-10-6-5-9(7-11(10)15)16-8-17-13-4-2-1-3-12(13)16/h1-7H,8H2. The van der Waals surface area contributed by atoms with Crippen LogP contribution in [-0.2, 0) is 0 Å². The van der Waals surface area contributed by atoms with Crippen molar-refractivity contribution in [3.05, 3.63) is 54.1 Å². The van der Waals surface area contributed by atoms with E-state index in [4.69, 9.17) is 4.74 Å². The van der Waals surface area contributed by atoms with Crippen molar-refractivity contribution in [2.75, 3.05) is 11.6 Å². The predicted molar refractivity (Wildman–Crippen MR) is 60.4 cm³/mol. The van der Waals surface area contributed by atoms with Gasteiger partial charge in [-0.1, -0.05) is 12.1 Å². The zero-order valence-electron chi connectivity index (χ0n) is 8.86. The number of ether oxygens (including phenoxy) is 1. The molecule has 2 aromatic rings. The van der Waals surface area contributed by atoms with Gasteiger partial charge in [-0.05, 0) is 24.3 Å². The number of rotatable bonds is 1. The molecule has 0 saturated carbocycles. The molecule has 0 unspecified atom stereocenters. The third kappa shape index (κ3) is 1.62. The fraction of sp³-hybridized carbons (Fsp3) is 0.0769. The van der Waals surface area contributed by atoms with E-state index in [9.17, 15) is 8.78 Å². The Bertz CT molecular complexity index is 571. The summed E-state index contributed by atoms with van der Waals surface area (Å²) in [5.74, 6) is -0.953. The second-order valence-corrected chi connectivity index (χ2v) is 3.77. The van der Waals surface area contributed by atoms with Crippen LogP contribution in [0.4, 0.5) is 20.2 Å². The zero-order chi connectivity index (χ0) is 11.8. The molecular formula is C13H9F2NO. The van der Waals surface area contributed by atoms with Crippen molar-refractivity contribution in [2.45, 2.75) is 0 Å². The lowest BCUT2D eigenvalue weighted by molar-refractivity contribution is 0.357. The maximum absolute atomic E-state index is 13.2. The summed E-state index contributed by atoms with van der Waals surface area (Å²) in [6.07, 6.45) is 0. The lowest BCUT2D eigenvalue weighted by Crippen LogP contribution is -2.15. The minimum atomic E-state index is -0.855. The molecule has 1 aliphatic heterocycles. The van der Waals surface area contributed by atoms with E-state index in [1.54, 1.807) is 4.90 Å². The summed E-state index contributed by atoms with van der Waals surface area (Å²) in [4.78, 5) is 1.79. The number of hydrogen-bond donors (Lipinski definition) is 0. The minimum Gasteiger partial charge on any atom is -0.471 e. The molecule has 1 aliphatic rings. The number of benzene rings is 2. The highest BCUT2D eigenvalue weighted by atomic mass is 19.2. The number of nitrogens with zero attached hydrogens (tertiary/aromatic N) is 1. The van der Waals surface area contributed by atoms with E-state index in [2.05, 4.69) is 0 Å². The van der Waals surface area contributed by atoms with Gasteiger partial charge in [0.05, 0.1) is 5.69 Å². The van der Waals surface area contributed by atoms with Crippen molar-refractivity contribution in [2.24, 2.45) is 0 Å². The van der Waals surface area contributed by atoms with Crippen molar-refractivity contribution in [3.63, 3.8) is 0 Å². The molecule has 1 heterocycles. The number of anilines is 2. The molecule has 0 radical (unpaired) electrons. The third-order valence-electron chi connectivity index (χ3n) is 2.72. The Labute approximate surface area is 97.1 Å². The Morgan fingerprint density at radius 3 is 2.65 bits per heavy atom. The van der Waals surface area contributed by atoms with Crippen LogP contribution in [0, 0.1) is 11.6 Å². The van der Waals surface area contributed by atoms with Gasteiger partial charge in [0.1, 0.15) is 5.75 Å². The Morgan fingerprint density at radius 1 is 1.00 bits per heavy atom. The van der Waals surface area contributed by atoms with Crippen LogP contribution in [0.3, 0.4) is 0 Å². The zero-order valence-corrected chi connectivity index (χ0v) is 8.86. The number of hydrogen-bond acceptors (Lipinski definition) is 2. The van der Waals surface area contributed by atoms with E-state index >= 15 is 0 Å². The molecular weight excluding hydrogens is 224 g/mol. The fourth-order valence-corrected chi connectivity index (χ4v) is 1.87. The summed E-state index contributed by atoms with van der Waals surface area (Å²) in [5.41, 5.74) is 1.44. The molecule has 0 bridgehead atoms. The molecule has 0 aromatic heterocycles. The molecule has 4 heteroatoms. The lowest BCUT2D eigenvalue weighted by atomic mass is 10.2. The van der Waals surface area contributed by atoms with Crippen LogP contribution in [0.25, 0.3) is 0 Å². The molecule has 2 aromatic carbocycles. The van der Waals surface area contributed by atoms with Crippen LogP contribution in [0.1, 0.15) is 0 Å². The predicted octanol–water partition coefficient (Wildman–Crippen LogP) is 3.45. The summed E-state index contributed by atoms with van der Waals surface area (Å²) in [7, 11) is 0. The lowest BCUT2D eigenvalue weighted by Gasteiger charge is -2.16. The second-order valence-electron chi connectivity index (χ2n) is 3.77. The monoisotopic (exact) mass is 233 g/mol. The van der Waals surface area contributed by atoms with Crippen LogP contribution >= 0.6 is 0 Å². The van der Waals surface area contributed by atoms with Crippen LogP contribution < -0.4 is 9.64 Å². The summed E-state index contributed by atoms with van der Waals surface area (Å²) < 4.78 is 31.5. The SMILES string of the molecule is Fc1ccc(N2COc3ccccc32)cc1F. The molecule has 2 nitrogen and oxygen atoms in total. The smallest absolute Gasteiger partial charge is 0.165 e. The van der Waals surface area contributed by atoms with Crippen LogP contribution in [0.5, 0.6) is 5.75 Å². The number of fused-ring (bicyclic) bond motifs is 1. The molecule has 86 valence electrons. The maximum atomic E-state index is 13.2. The Balaban J connectivity index is 2.04. The Morgan fingerprint density at radius 2 is 1.82 bits per heavy atom. The topological polar surface area (TPSA) is 12.5 Å². The van der Waals surface area contributed by atoms with Crippen LogP contribution in [-0.4, -0.2) is 6.73 Å². The van der Waals surface area contributed by atoms with E-state index in [0.717, 1.165) is 17.5 Å². The molecule has 0 atom stereocenters. The minimum absolute atomic E-state index is 0.310.